The lowest BCUT2D eigenvalue weighted by molar-refractivity contribution is 0.628. The second-order valence-corrected chi connectivity index (χ2v) is 5.32. The van der Waals surface area contributed by atoms with Crippen molar-refractivity contribution >= 4 is 34.6 Å². The van der Waals surface area contributed by atoms with Crippen LogP contribution in [0, 0.1) is 5.82 Å². The van der Waals surface area contributed by atoms with Crippen molar-refractivity contribution < 1.29 is 4.39 Å². The molecule has 0 fully saturated rings. The maximum absolute atomic E-state index is 13.2. The number of para-hydroxylation sites is 1. The molecule has 0 saturated heterocycles. The van der Waals surface area contributed by atoms with Gasteiger partial charge in [0.15, 0.2) is 0 Å². The average molecular weight is 329 g/mol. The van der Waals surface area contributed by atoms with Gasteiger partial charge in [0.1, 0.15) is 23.8 Å². The molecule has 116 valence electrons. The highest BCUT2D eigenvalue weighted by molar-refractivity contribution is 6.31. The maximum Gasteiger partial charge on any atom is 0.141 e. The fourth-order valence-electron chi connectivity index (χ4n) is 2.10. The molecule has 0 atom stereocenters. The van der Waals surface area contributed by atoms with Crippen LogP contribution in [0.3, 0.4) is 0 Å². The lowest BCUT2D eigenvalue weighted by Gasteiger charge is -2.18. The minimum Gasteiger partial charge on any atom is -0.340 e. The van der Waals surface area contributed by atoms with Crippen molar-refractivity contribution in [1.82, 2.24) is 9.97 Å². The number of halogens is 2. The number of nitrogens with one attached hydrogen (secondary N) is 1. The zero-order valence-corrected chi connectivity index (χ0v) is 13.1. The quantitative estimate of drug-likeness (QED) is 0.748. The Hall–Kier alpha value is -2.66. The minimum atomic E-state index is -0.454. The Balaban J connectivity index is 1.83. The Bertz CT molecular complexity index is 811. The summed E-state index contributed by atoms with van der Waals surface area (Å²) in [5, 5.41) is 3.15. The van der Waals surface area contributed by atoms with Crippen LogP contribution in [0.25, 0.3) is 0 Å². The van der Waals surface area contributed by atoms with E-state index in [1.165, 1.54) is 18.5 Å². The minimum absolute atomic E-state index is 0.0608. The van der Waals surface area contributed by atoms with E-state index in [1.807, 2.05) is 48.3 Å². The number of benzene rings is 2. The van der Waals surface area contributed by atoms with Crippen LogP contribution in [0.5, 0.6) is 0 Å². The second-order valence-electron chi connectivity index (χ2n) is 4.91. The van der Waals surface area contributed by atoms with Crippen LogP contribution in [0.4, 0.5) is 27.4 Å². The summed E-state index contributed by atoms with van der Waals surface area (Å²) < 4.78 is 13.2. The first kappa shape index (κ1) is 15.2. The molecule has 2 aromatic carbocycles. The molecular formula is C17H14ClFN4. The van der Waals surface area contributed by atoms with Gasteiger partial charge in [-0.25, -0.2) is 14.4 Å². The SMILES string of the molecule is CN(c1ccccc1)c1cc(Nc2ccc(F)c(Cl)c2)ncn1. The molecule has 0 aliphatic rings. The molecule has 0 aliphatic carbocycles. The summed E-state index contributed by atoms with van der Waals surface area (Å²) in [6.45, 7) is 0. The molecule has 0 radical (unpaired) electrons. The van der Waals surface area contributed by atoms with E-state index in [0.29, 0.717) is 11.5 Å². The van der Waals surface area contributed by atoms with Gasteiger partial charge in [0, 0.05) is 24.5 Å². The summed E-state index contributed by atoms with van der Waals surface area (Å²) in [6.07, 6.45) is 1.47. The van der Waals surface area contributed by atoms with Crippen LogP contribution in [0.1, 0.15) is 0 Å². The molecule has 0 saturated carbocycles. The first-order valence-electron chi connectivity index (χ1n) is 6.96. The Morgan fingerprint density at radius 2 is 1.83 bits per heavy atom. The Morgan fingerprint density at radius 3 is 2.57 bits per heavy atom. The lowest BCUT2D eigenvalue weighted by Crippen LogP contribution is -2.11. The monoisotopic (exact) mass is 328 g/mol. The number of nitrogens with zero attached hydrogens (tertiary/aromatic N) is 3. The maximum atomic E-state index is 13.2. The van der Waals surface area contributed by atoms with Crippen LogP contribution >= 0.6 is 11.6 Å². The van der Waals surface area contributed by atoms with Crippen molar-refractivity contribution in [2.24, 2.45) is 0 Å². The van der Waals surface area contributed by atoms with Crippen LogP contribution in [-0.2, 0) is 0 Å². The van der Waals surface area contributed by atoms with E-state index in [9.17, 15) is 4.39 Å². The number of hydrogen-bond acceptors (Lipinski definition) is 4. The van der Waals surface area contributed by atoms with Crippen molar-refractivity contribution in [2.75, 3.05) is 17.3 Å². The topological polar surface area (TPSA) is 41.0 Å². The molecule has 3 rings (SSSR count). The summed E-state index contributed by atoms with van der Waals surface area (Å²) in [4.78, 5) is 10.4. The number of anilines is 4. The highest BCUT2D eigenvalue weighted by Crippen LogP contribution is 2.25. The summed E-state index contributed by atoms with van der Waals surface area (Å²) in [7, 11) is 1.93. The third kappa shape index (κ3) is 3.57. The van der Waals surface area contributed by atoms with Crippen molar-refractivity contribution in [3.63, 3.8) is 0 Å². The molecule has 0 bridgehead atoms. The van der Waals surface area contributed by atoms with E-state index in [0.717, 1.165) is 11.5 Å². The Labute approximate surface area is 138 Å². The average Bonchev–Trinajstić information content (AvgIpc) is 2.58. The first-order chi connectivity index (χ1) is 11.1. The zero-order valence-electron chi connectivity index (χ0n) is 12.4. The third-order valence-corrected chi connectivity index (χ3v) is 3.62. The van der Waals surface area contributed by atoms with Gasteiger partial charge >= 0.3 is 0 Å². The smallest absolute Gasteiger partial charge is 0.141 e. The lowest BCUT2D eigenvalue weighted by atomic mass is 10.3. The van der Waals surface area contributed by atoms with E-state index in [1.54, 1.807) is 6.07 Å². The fraction of sp³-hybridized carbons (Fsp3) is 0.0588. The summed E-state index contributed by atoms with van der Waals surface area (Å²) >= 11 is 5.79. The number of hydrogen-bond donors (Lipinski definition) is 1. The molecule has 0 aliphatic heterocycles. The standard InChI is InChI=1S/C17H14ClFN4/c1-23(13-5-3-2-4-6-13)17-10-16(20-11-21-17)22-12-7-8-15(19)14(18)9-12/h2-11H,1H3,(H,20,21,22). The largest absolute Gasteiger partial charge is 0.340 e. The predicted molar refractivity (Wildman–Crippen MR) is 91.2 cm³/mol. The van der Waals surface area contributed by atoms with Crippen LogP contribution in [0.15, 0.2) is 60.9 Å². The van der Waals surface area contributed by atoms with Gasteiger partial charge in [-0.1, -0.05) is 29.8 Å². The van der Waals surface area contributed by atoms with E-state index >= 15 is 0 Å². The van der Waals surface area contributed by atoms with Gasteiger partial charge in [0.2, 0.25) is 0 Å². The van der Waals surface area contributed by atoms with Crippen LogP contribution in [0.2, 0.25) is 5.02 Å². The highest BCUT2D eigenvalue weighted by atomic mass is 35.5. The number of aromatic nitrogens is 2. The van der Waals surface area contributed by atoms with Gasteiger partial charge in [-0.15, -0.1) is 0 Å². The van der Waals surface area contributed by atoms with E-state index < -0.39 is 5.82 Å². The van der Waals surface area contributed by atoms with E-state index in [4.69, 9.17) is 11.6 Å². The Kier molecular flexibility index (Phi) is 4.39. The Morgan fingerprint density at radius 1 is 1.04 bits per heavy atom. The molecule has 4 nitrogen and oxygen atoms in total. The van der Waals surface area contributed by atoms with E-state index in [-0.39, 0.29) is 5.02 Å². The van der Waals surface area contributed by atoms with Gasteiger partial charge in [-0.3, -0.25) is 0 Å². The van der Waals surface area contributed by atoms with Crippen molar-refractivity contribution in [3.8, 4) is 0 Å². The molecule has 1 aromatic heterocycles. The van der Waals surface area contributed by atoms with Gasteiger partial charge < -0.3 is 10.2 Å². The first-order valence-corrected chi connectivity index (χ1v) is 7.34. The third-order valence-electron chi connectivity index (χ3n) is 3.33. The molecule has 6 heteroatoms. The summed E-state index contributed by atoms with van der Waals surface area (Å²) in [6, 6.07) is 16.1. The molecule has 23 heavy (non-hydrogen) atoms. The highest BCUT2D eigenvalue weighted by Gasteiger charge is 2.07. The molecule has 3 aromatic rings. The fourth-order valence-corrected chi connectivity index (χ4v) is 2.29. The predicted octanol–water partition coefficient (Wildman–Crippen LogP) is 4.78. The van der Waals surface area contributed by atoms with E-state index in [2.05, 4.69) is 15.3 Å². The summed E-state index contributed by atoms with van der Waals surface area (Å²) in [5.74, 6) is 0.881. The van der Waals surface area contributed by atoms with Gasteiger partial charge in [0.05, 0.1) is 5.02 Å². The number of rotatable bonds is 4. The van der Waals surface area contributed by atoms with Crippen molar-refractivity contribution in [2.45, 2.75) is 0 Å². The molecule has 1 N–H and O–H groups in total. The van der Waals surface area contributed by atoms with Crippen molar-refractivity contribution in [1.29, 1.82) is 0 Å². The molecular weight excluding hydrogens is 315 g/mol. The van der Waals surface area contributed by atoms with Crippen LogP contribution < -0.4 is 10.2 Å². The molecule has 0 amide bonds. The van der Waals surface area contributed by atoms with Gasteiger partial charge in [-0.05, 0) is 30.3 Å². The van der Waals surface area contributed by atoms with Crippen molar-refractivity contribution in [3.05, 3.63) is 71.8 Å². The van der Waals surface area contributed by atoms with Gasteiger partial charge in [0.25, 0.3) is 0 Å². The molecule has 1 heterocycles. The molecule has 0 unspecified atom stereocenters. The molecule has 0 spiro atoms. The second kappa shape index (κ2) is 6.62. The summed E-state index contributed by atoms with van der Waals surface area (Å²) in [5.41, 5.74) is 1.67. The van der Waals surface area contributed by atoms with Crippen LogP contribution in [-0.4, -0.2) is 17.0 Å². The zero-order chi connectivity index (χ0) is 16.2. The normalized spacial score (nSPS) is 10.4. The van der Waals surface area contributed by atoms with Gasteiger partial charge in [-0.2, -0.15) is 0 Å².